The van der Waals surface area contributed by atoms with Crippen molar-refractivity contribution >= 4 is 29.1 Å². The van der Waals surface area contributed by atoms with E-state index < -0.39 is 6.03 Å². The topological polar surface area (TPSA) is 78.5 Å². The van der Waals surface area contributed by atoms with Crippen molar-refractivity contribution in [2.75, 3.05) is 24.2 Å². The first-order valence-corrected chi connectivity index (χ1v) is 8.68. The van der Waals surface area contributed by atoms with Crippen LogP contribution in [-0.4, -0.2) is 36.2 Å². The summed E-state index contributed by atoms with van der Waals surface area (Å²) in [5, 5.41) is 5.57. The van der Waals surface area contributed by atoms with Gasteiger partial charge in [-0.2, -0.15) is 0 Å². The van der Waals surface area contributed by atoms with Crippen molar-refractivity contribution in [1.29, 1.82) is 0 Å². The summed E-state index contributed by atoms with van der Waals surface area (Å²) in [6.07, 6.45) is 0. The van der Waals surface area contributed by atoms with Crippen molar-refractivity contribution in [2.45, 2.75) is 27.7 Å². The maximum absolute atomic E-state index is 12.3. The van der Waals surface area contributed by atoms with Gasteiger partial charge in [-0.15, -0.1) is 0 Å². The molecule has 2 N–H and O–H groups in total. The maximum atomic E-state index is 12.3. The molecule has 0 aliphatic heterocycles. The van der Waals surface area contributed by atoms with Crippen LogP contribution in [0.5, 0.6) is 0 Å². The highest BCUT2D eigenvalue weighted by Gasteiger charge is 2.15. The molecule has 0 aliphatic rings. The van der Waals surface area contributed by atoms with Gasteiger partial charge in [-0.1, -0.05) is 29.8 Å². The Bertz CT molecular complexity index is 867. The Kier molecular flexibility index (Phi) is 6.34. The fourth-order valence-electron chi connectivity index (χ4n) is 2.88. The molecule has 0 spiro atoms. The van der Waals surface area contributed by atoms with Gasteiger partial charge in [0.1, 0.15) is 6.54 Å². The number of rotatable bonds is 5. The fraction of sp³-hybridized carbons (Fsp3) is 0.286. The number of benzene rings is 2. The van der Waals surface area contributed by atoms with Crippen LogP contribution in [0.25, 0.3) is 0 Å². The third kappa shape index (κ3) is 5.41. The number of urea groups is 1. The van der Waals surface area contributed by atoms with Gasteiger partial charge < -0.3 is 15.5 Å². The van der Waals surface area contributed by atoms with Crippen LogP contribution in [0.1, 0.15) is 34.0 Å². The fourth-order valence-corrected chi connectivity index (χ4v) is 2.88. The lowest BCUT2D eigenvalue weighted by molar-refractivity contribution is -0.116. The predicted octanol–water partition coefficient (Wildman–Crippen LogP) is 3.92. The van der Waals surface area contributed by atoms with Crippen LogP contribution in [0.2, 0.25) is 0 Å². The summed E-state index contributed by atoms with van der Waals surface area (Å²) in [6, 6.07) is 10.2. The van der Waals surface area contributed by atoms with Gasteiger partial charge in [0, 0.05) is 24.0 Å². The van der Waals surface area contributed by atoms with Crippen molar-refractivity contribution in [3.8, 4) is 0 Å². The Hall–Kier alpha value is -3.15. The molecule has 2 rings (SSSR count). The second kappa shape index (κ2) is 8.49. The van der Waals surface area contributed by atoms with Crippen LogP contribution in [-0.2, 0) is 4.79 Å². The Morgan fingerprint density at radius 2 is 1.59 bits per heavy atom. The van der Waals surface area contributed by atoms with Gasteiger partial charge in [0.05, 0.1) is 0 Å². The Balaban J connectivity index is 1.99. The highest BCUT2D eigenvalue weighted by atomic mass is 16.2. The van der Waals surface area contributed by atoms with E-state index in [1.165, 1.54) is 11.8 Å². The van der Waals surface area contributed by atoms with Gasteiger partial charge in [0.2, 0.25) is 5.91 Å². The molecule has 142 valence electrons. The summed E-state index contributed by atoms with van der Waals surface area (Å²) in [7, 11) is 1.54. The van der Waals surface area contributed by atoms with Crippen molar-refractivity contribution < 1.29 is 14.4 Å². The number of amides is 3. The molecule has 0 fully saturated rings. The van der Waals surface area contributed by atoms with Gasteiger partial charge in [-0.3, -0.25) is 9.59 Å². The average molecular weight is 367 g/mol. The maximum Gasteiger partial charge on any atom is 0.322 e. The van der Waals surface area contributed by atoms with Crippen LogP contribution in [0.3, 0.4) is 0 Å². The number of hydrogen-bond donors (Lipinski definition) is 2. The zero-order valence-electron chi connectivity index (χ0n) is 16.3. The first-order valence-electron chi connectivity index (χ1n) is 8.68. The average Bonchev–Trinajstić information content (AvgIpc) is 2.58. The molecule has 0 aromatic heterocycles. The van der Waals surface area contributed by atoms with E-state index in [1.807, 2.05) is 32.9 Å². The lowest BCUT2D eigenvalue weighted by Crippen LogP contribution is -2.37. The number of ketones is 1. The number of carbonyl (C=O) groups is 3. The smallest absolute Gasteiger partial charge is 0.322 e. The summed E-state index contributed by atoms with van der Waals surface area (Å²) in [4.78, 5) is 37.4. The van der Waals surface area contributed by atoms with Gasteiger partial charge in [0.25, 0.3) is 0 Å². The highest BCUT2D eigenvalue weighted by molar-refractivity contribution is 5.99. The van der Waals surface area contributed by atoms with Crippen molar-refractivity contribution in [3.63, 3.8) is 0 Å². The monoisotopic (exact) mass is 367 g/mol. The van der Waals surface area contributed by atoms with Crippen molar-refractivity contribution in [3.05, 3.63) is 58.7 Å². The number of likely N-dealkylation sites (N-methyl/N-ethyl adjacent to an activating group) is 1. The number of anilines is 2. The van der Waals surface area contributed by atoms with Crippen molar-refractivity contribution in [2.24, 2.45) is 0 Å². The molecule has 0 radical (unpaired) electrons. The number of aryl methyl sites for hydroxylation is 3. The Labute approximate surface area is 159 Å². The first kappa shape index (κ1) is 20.2. The molecule has 3 amide bonds. The van der Waals surface area contributed by atoms with Crippen LogP contribution in [0.15, 0.2) is 36.4 Å². The van der Waals surface area contributed by atoms with Gasteiger partial charge in [-0.25, -0.2) is 4.79 Å². The standard InChI is InChI=1S/C21H25N3O3/c1-13-9-14(2)20(15(3)10-13)23-19(26)12-24(5)21(27)22-18-8-6-7-17(11-18)16(4)25/h6-11H,12H2,1-5H3,(H,22,27)(H,23,26). The van der Waals surface area contributed by atoms with Crippen LogP contribution < -0.4 is 10.6 Å². The number of Topliss-reactive ketones (excluding diaryl/α,β-unsaturated/α-hetero) is 1. The molecule has 0 heterocycles. The molecular formula is C21H25N3O3. The number of nitrogens with one attached hydrogen (secondary N) is 2. The SMILES string of the molecule is CC(=O)c1cccc(NC(=O)N(C)CC(=O)Nc2c(C)cc(C)cc2C)c1. The van der Waals surface area contributed by atoms with E-state index >= 15 is 0 Å². The molecule has 2 aromatic rings. The molecule has 0 atom stereocenters. The first-order chi connectivity index (χ1) is 12.7. The number of nitrogens with zero attached hydrogens (tertiary/aromatic N) is 1. The van der Waals surface area contributed by atoms with E-state index in [9.17, 15) is 14.4 Å². The number of carbonyl (C=O) groups excluding carboxylic acids is 3. The summed E-state index contributed by atoms with van der Waals surface area (Å²) >= 11 is 0. The summed E-state index contributed by atoms with van der Waals surface area (Å²) in [5.74, 6) is -0.358. The van der Waals surface area contributed by atoms with Crippen LogP contribution >= 0.6 is 0 Å². The van der Waals surface area contributed by atoms with E-state index in [4.69, 9.17) is 0 Å². The molecule has 6 nitrogen and oxygen atoms in total. The molecule has 0 bridgehead atoms. The van der Waals surface area contributed by atoms with Crippen LogP contribution in [0.4, 0.5) is 16.2 Å². The van der Waals surface area contributed by atoms with E-state index in [2.05, 4.69) is 10.6 Å². The minimum atomic E-state index is -0.428. The molecule has 27 heavy (non-hydrogen) atoms. The second-order valence-electron chi connectivity index (χ2n) is 6.75. The molecule has 0 saturated carbocycles. The predicted molar refractivity (Wildman–Crippen MR) is 107 cm³/mol. The molecule has 0 saturated heterocycles. The number of hydrogen-bond acceptors (Lipinski definition) is 3. The second-order valence-corrected chi connectivity index (χ2v) is 6.75. The minimum Gasteiger partial charge on any atom is -0.324 e. The summed E-state index contributed by atoms with van der Waals surface area (Å²) < 4.78 is 0. The van der Waals surface area contributed by atoms with E-state index in [-0.39, 0.29) is 18.2 Å². The minimum absolute atomic E-state index is 0.0809. The highest BCUT2D eigenvalue weighted by Crippen LogP contribution is 2.21. The zero-order valence-corrected chi connectivity index (χ0v) is 16.3. The van der Waals surface area contributed by atoms with Gasteiger partial charge in [-0.05, 0) is 51.0 Å². The van der Waals surface area contributed by atoms with E-state index in [0.29, 0.717) is 11.3 Å². The molecule has 0 aliphatic carbocycles. The molecule has 6 heteroatoms. The van der Waals surface area contributed by atoms with Gasteiger partial charge >= 0.3 is 6.03 Å². The molecule has 0 unspecified atom stereocenters. The largest absolute Gasteiger partial charge is 0.324 e. The lowest BCUT2D eigenvalue weighted by atomic mass is 10.1. The van der Waals surface area contributed by atoms with E-state index in [0.717, 1.165) is 22.4 Å². The Morgan fingerprint density at radius 3 is 2.19 bits per heavy atom. The third-order valence-corrected chi connectivity index (χ3v) is 4.19. The molecule has 2 aromatic carbocycles. The lowest BCUT2D eigenvalue weighted by Gasteiger charge is -2.19. The normalized spacial score (nSPS) is 10.3. The zero-order chi connectivity index (χ0) is 20.1. The van der Waals surface area contributed by atoms with Crippen LogP contribution in [0, 0.1) is 20.8 Å². The third-order valence-electron chi connectivity index (χ3n) is 4.19. The van der Waals surface area contributed by atoms with E-state index in [1.54, 1.807) is 31.3 Å². The summed E-state index contributed by atoms with van der Waals surface area (Å²) in [5.41, 5.74) is 4.88. The quantitative estimate of drug-likeness (QED) is 0.786. The molecular weight excluding hydrogens is 342 g/mol. The summed E-state index contributed by atoms with van der Waals surface area (Å²) in [6.45, 7) is 7.25. The van der Waals surface area contributed by atoms with Gasteiger partial charge in [0.15, 0.2) is 5.78 Å². The van der Waals surface area contributed by atoms with Crippen molar-refractivity contribution in [1.82, 2.24) is 4.90 Å². The Morgan fingerprint density at radius 1 is 0.963 bits per heavy atom.